The zero-order valence-electron chi connectivity index (χ0n) is 8.44. The summed E-state index contributed by atoms with van der Waals surface area (Å²) in [4.78, 5) is 25.5. The molecule has 0 spiro atoms. The van der Waals surface area contributed by atoms with Gasteiger partial charge < -0.3 is 10.5 Å². The van der Waals surface area contributed by atoms with Crippen molar-refractivity contribution < 1.29 is 14.3 Å². The first kappa shape index (κ1) is 12.2. The Morgan fingerprint density at radius 3 is 2.81 bits per heavy atom. The van der Waals surface area contributed by atoms with Crippen LogP contribution in [0.25, 0.3) is 6.08 Å². The molecule has 0 atom stereocenters. The fourth-order valence-corrected chi connectivity index (χ4v) is 1.15. The number of esters is 1. The summed E-state index contributed by atoms with van der Waals surface area (Å²) >= 11 is 5.76. The first-order chi connectivity index (χ1) is 7.54. The van der Waals surface area contributed by atoms with E-state index in [0.29, 0.717) is 5.56 Å². The lowest BCUT2D eigenvalue weighted by Crippen LogP contribution is -2.05. The van der Waals surface area contributed by atoms with Crippen LogP contribution in [0.4, 0.5) is 0 Å². The summed E-state index contributed by atoms with van der Waals surface area (Å²) in [6.07, 6.45) is 3.80. The van der Waals surface area contributed by atoms with Crippen molar-refractivity contribution in [2.45, 2.75) is 0 Å². The molecule has 0 saturated heterocycles. The Hall–Kier alpha value is -1.88. The van der Waals surface area contributed by atoms with E-state index in [2.05, 4.69) is 9.72 Å². The van der Waals surface area contributed by atoms with Gasteiger partial charge in [0.1, 0.15) is 5.15 Å². The molecule has 0 aliphatic carbocycles. The minimum Gasteiger partial charge on any atom is -0.465 e. The Balaban J connectivity index is 3.08. The molecule has 5 nitrogen and oxygen atoms in total. The highest BCUT2D eigenvalue weighted by atomic mass is 35.5. The van der Waals surface area contributed by atoms with Crippen LogP contribution in [-0.4, -0.2) is 24.0 Å². The van der Waals surface area contributed by atoms with Crippen molar-refractivity contribution in [1.29, 1.82) is 0 Å². The SMILES string of the molecule is COC(=O)c1cnc(Cl)c(C=CC(N)=O)c1. The minimum atomic E-state index is -0.612. The average Bonchev–Trinajstić information content (AvgIpc) is 2.26. The van der Waals surface area contributed by atoms with Crippen molar-refractivity contribution in [3.8, 4) is 0 Å². The van der Waals surface area contributed by atoms with Gasteiger partial charge in [-0.3, -0.25) is 4.79 Å². The quantitative estimate of drug-likeness (QED) is 0.486. The minimum absolute atomic E-state index is 0.171. The van der Waals surface area contributed by atoms with Crippen molar-refractivity contribution in [2.24, 2.45) is 5.73 Å². The molecule has 16 heavy (non-hydrogen) atoms. The van der Waals surface area contributed by atoms with E-state index in [4.69, 9.17) is 17.3 Å². The van der Waals surface area contributed by atoms with Gasteiger partial charge in [0.25, 0.3) is 0 Å². The summed E-state index contributed by atoms with van der Waals surface area (Å²) < 4.78 is 4.52. The Bertz CT molecular complexity index is 457. The monoisotopic (exact) mass is 240 g/mol. The number of carbonyl (C=O) groups is 2. The van der Waals surface area contributed by atoms with Crippen molar-refractivity contribution in [3.05, 3.63) is 34.6 Å². The molecule has 1 heterocycles. The largest absolute Gasteiger partial charge is 0.465 e. The molecule has 0 aliphatic heterocycles. The lowest BCUT2D eigenvalue weighted by Gasteiger charge is -2.01. The van der Waals surface area contributed by atoms with Gasteiger partial charge in [0.2, 0.25) is 5.91 Å². The molecule has 6 heteroatoms. The lowest BCUT2D eigenvalue weighted by molar-refractivity contribution is -0.113. The normalized spacial score (nSPS) is 10.4. The van der Waals surface area contributed by atoms with E-state index < -0.39 is 11.9 Å². The summed E-state index contributed by atoms with van der Waals surface area (Å²) in [7, 11) is 1.26. The van der Waals surface area contributed by atoms with Gasteiger partial charge in [-0.25, -0.2) is 9.78 Å². The van der Waals surface area contributed by atoms with Gasteiger partial charge in [-0.05, 0) is 12.1 Å². The molecule has 0 aromatic carbocycles. The molecule has 1 aromatic rings. The smallest absolute Gasteiger partial charge is 0.339 e. The topological polar surface area (TPSA) is 82.3 Å². The van der Waals surface area contributed by atoms with Crippen molar-refractivity contribution in [2.75, 3.05) is 7.11 Å². The summed E-state index contributed by atoms with van der Waals surface area (Å²) in [5, 5.41) is 0.171. The Kier molecular flexibility index (Phi) is 4.02. The van der Waals surface area contributed by atoms with Gasteiger partial charge in [0.15, 0.2) is 0 Å². The van der Waals surface area contributed by atoms with E-state index in [1.807, 2.05) is 0 Å². The molecule has 0 fully saturated rings. The third-order valence-electron chi connectivity index (χ3n) is 1.71. The number of hydrogen-bond donors (Lipinski definition) is 1. The summed E-state index contributed by atoms with van der Waals surface area (Å²) in [6.45, 7) is 0. The molecule has 1 amide bonds. The van der Waals surface area contributed by atoms with Crippen LogP contribution in [0, 0.1) is 0 Å². The van der Waals surface area contributed by atoms with E-state index in [-0.39, 0.29) is 10.7 Å². The fourth-order valence-electron chi connectivity index (χ4n) is 0.983. The third kappa shape index (κ3) is 3.06. The number of nitrogens with zero attached hydrogens (tertiary/aromatic N) is 1. The maximum absolute atomic E-state index is 11.2. The highest BCUT2D eigenvalue weighted by molar-refractivity contribution is 6.31. The summed E-state index contributed by atoms with van der Waals surface area (Å²) in [5.74, 6) is -1.14. The van der Waals surface area contributed by atoms with Crippen LogP contribution in [0.2, 0.25) is 5.15 Å². The van der Waals surface area contributed by atoms with Crippen molar-refractivity contribution >= 4 is 29.6 Å². The number of methoxy groups -OCH3 is 1. The second kappa shape index (κ2) is 5.27. The highest BCUT2D eigenvalue weighted by Gasteiger charge is 2.08. The van der Waals surface area contributed by atoms with E-state index >= 15 is 0 Å². The van der Waals surface area contributed by atoms with Crippen molar-refractivity contribution in [3.63, 3.8) is 0 Å². The predicted molar refractivity (Wildman–Crippen MR) is 58.8 cm³/mol. The molecule has 0 unspecified atom stereocenters. The van der Waals surface area contributed by atoms with E-state index in [1.165, 1.54) is 25.4 Å². The molecule has 0 aliphatic rings. The molecule has 1 aromatic heterocycles. The number of pyridine rings is 1. The Morgan fingerprint density at radius 1 is 1.56 bits per heavy atom. The number of rotatable bonds is 3. The molecular formula is C10H9ClN2O3. The van der Waals surface area contributed by atoms with Crippen LogP contribution >= 0.6 is 11.6 Å². The second-order valence-electron chi connectivity index (χ2n) is 2.83. The average molecular weight is 241 g/mol. The van der Waals surface area contributed by atoms with Gasteiger partial charge in [-0.1, -0.05) is 11.6 Å². The maximum Gasteiger partial charge on any atom is 0.339 e. The summed E-state index contributed by atoms with van der Waals surface area (Å²) in [5.41, 5.74) is 5.60. The first-order valence-corrected chi connectivity index (χ1v) is 4.63. The number of amides is 1. The van der Waals surface area contributed by atoms with Crippen molar-refractivity contribution in [1.82, 2.24) is 4.98 Å². The third-order valence-corrected chi connectivity index (χ3v) is 2.03. The van der Waals surface area contributed by atoms with Crippen LogP contribution in [0.1, 0.15) is 15.9 Å². The van der Waals surface area contributed by atoms with E-state index in [0.717, 1.165) is 6.08 Å². The fraction of sp³-hybridized carbons (Fsp3) is 0.100. The molecule has 84 valence electrons. The van der Waals surface area contributed by atoms with Gasteiger partial charge in [0, 0.05) is 17.8 Å². The zero-order valence-corrected chi connectivity index (χ0v) is 9.19. The number of ether oxygens (including phenoxy) is 1. The first-order valence-electron chi connectivity index (χ1n) is 4.26. The standard InChI is InChI=1S/C10H9ClN2O3/c1-16-10(15)7-4-6(2-3-8(12)14)9(11)13-5-7/h2-5H,1H3,(H2,12,14). The molecule has 0 bridgehead atoms. The molecular weight excluding hydrogens is 232 g/mol. The lowest BCUT2D eigenvalue weighted by atomic mass is 10.2. The Labute approximate surface area is 96.9 Å². The highest BCUT2D eigenvalue weighted by Crippen LogP contribution is 2.16. The van der Waals surface area contributed by atoms with Crippen LogP contribution in [0.5, 0.6) is 0 Å². The van der Waals surface area contributed by atoms with Crippen LogP contribution in [-0.2, 0) is 9.53 Å². The van der Waals surface area contributed by atoms with Gasteiger partial charge in [-0.15, -0.1) is 0 Å². The number of halogens is 1. The van der Waals surface area contributed by atoms with Gasteiger partial charge in [-0.2, -0.15) is 0 Å². The number of carbonyl (C=O) groups excluding carboxylic acids is 2. The van der Waals surface area contributed by atoms with E-state index in [1.54, 1.807) is 0 Å². The molecule has 0 saturated carbocycles. The number of aromatic nitrogens is 1. The number of primary amides is 1. The molecule has 0 radical (unpaired) electrons. The van der Waals surface area contributed by atoms with Gasteiger partial charge >= 0.3 is 5.97 Å². The maximum atomic E-state index is 11.2. The van der Waals surface area contributed by atoms with Gasteiger partial charge in [0.05, 0.1) is 12.7 Å². The number of nitrogens with two attached hydrogens (primary N) is 1. The second-order valence-corrected chi connectivity index (χ2v) is 3.19. The molecule has 2 N–H and O–H groups in total. The molecule has 1 rings (SSSR count). The predicted octanol–water partition coefficient (Wildman–Crippen LogP) is 1.02. The van der Waals surface area contributed by atoms with Crippen LogP contribution in [0.3, 0.4) is 0 Å². The Morgan fingerprint density at radius 2 is 2.25 bits per heavy atom. The zero-order chi connectivity index (χ0) is 12.1. The van der Waals surface area contributed by atoms with E-state index in [9.17, 15) is 9.59 Å². The van der Waals surface area contributed by atoms with Crippen LogP contribution < -0.4 is 5.73 Å². The number of hydrogen-bond acceptors (Lipinski definition) is 4. The van der Waals surface area contributed by atoms with Crippen LogP contribution in [0.15, 0.2) is 18.3 Å². The summed E-state index contributed by atoms with van der Waals surface area (Å²) in [6, 6.07) is 1.46.